The molecule has 0 bridgehead atoms. The van der Waals surface area contributed by atoms with Crippen LogP contribution in [0.5, 0.6) is 0 Å². The number of aliphatic hydroxyl groups excluding tert-OH is 1. The van der Waals surface area contributed by atoms with Crippen LogP contribution in [0.4, 0.5) is 5.69 Å². The summed E-state index contributed by atoms with van der Waals surface area (Å²) >= 11 is 6.26. The molecule has 1 unspecified atom stereocenters. The van der Waals surface area contributed by atoms with E-state index in [0.717, 1.165) is 41.2 Å². The molecule has 0 aliphatic carbocycles. The van der Waals surface area contributed by atoms with E-state index in [1.165, 1.54) is 6.42 Å². The van der Waals surface area contributed by atoms with Crippen LogP contribution in [0.3, 0.4) is 0 Å². The number of hydrogen-bond acceptors (Lipinski definition) is 2. The topological polar surface area (TPSA) is 23.5 Å². The highest BCUT2D eigenvalue weighted by Crippen LogP contribution is 2.33. The molecule has 1 fully saturated rings. The first-order valence-corrected chi connectivity index (χ1v) is 6.64. The summed E-state index contributed by atoms with van der Waals surface area (Å²) in [6.45, 7) is 6.79. The highest BCUT2D eigenvalue weighted by molar-refractivity contribution is 6.33. The molecule has 1 aromatic carbocycles. The van der Waals surface area contributed by atoms with Gasteiger partial charge in [-0.05, 0) is 36.0 Å². The van der Waals surface area contributed by atoms with E-state index in [1.807, 2.05) is 18.2 Å². The summed E-state index contributed by atoms with van der Waals surface area (Å²) in [6, 6.07) is 5.83. The Morgan fingerprint density at radius 1 is 1.47 bits per heavy atom. The summed E-state index contributed by atoms with van der Waals surface area (Å²) in [5.74, 6) is 1.50. The van der Waals surface area contributed by atoms with Crippen molar-refractivity contribution < 1.29 is 5.11 Å². The van der Waals surface area contributed by atoms with Crippen LogP contribution in [-0.2, 0) is 6.61 Å². The van der Waals surface area contributed by atoms with Gasteiger partial charge in [-0.25, -0.2) is 0 Å². The molecule has 1 N–H and O–H groups in total. The van der Waals surface area contributed by atoms with Crippen molar-refractivity contribution in [3.05, 3.63) is 28.8 Å². The van der Waals surface area contributed by atoms with Gasteiger partial charge in [0.15, 0.2) is 0 Å². The van der Waals surface area contributed by atoms with E-state index in [9.17, 15) is 0 Å². The van der Waals surface area contributed by atoms with E-state index in [4.69, 9.17) is 16.7 Å². The van der Waals surface area contributed by atoms with Gasteiger partial charge in [-0.2, -0.15) is 0 Å². The third-order valence-corrected chi connectivity index (χ3v) is 4.01. The van der Waals surface area contributed by atoms with Crippen LogP contribution in [0.2, 0.25) is 5.02 Å². The smallest absolute Gasteiger partial charge is 0.0682 e. The molecule has 2 rings (SSSR count). The number of rotatable bonds is 3. The van der Waals surface area contributed by atoms with Crippen LogP contribution in [0.25, 0.3) is 0 Å². The fourth-order valence-corrected chi connectivity index (χ4v) is 2.78. The lowest BCUT2D eigenvalue weighted by atomic mass is 9.95. The molecule has 2 nitrogen and oxygen atoms in total. The number of halogens is 1. The van der Waals surface area contributed by atoms with Gasteiger partial charge >= 0.3 is 0 Å². The molecule has 0 amide bonds. The Hall–Kier alpha value is -0.730. The minimum Gasteiger partial charge on any atom is -0.392 e. The largest absolute Gasteiger partial charge is 0.392 e. The fraction of sp³-hybridized carbons (Fsp3) is 0.571. The van der Waals surface area contributed by atoms with Gasteiger partial charge in [-0.15, -0.1) is 0 Å². The minimum atomic E-state index is 0.0502. The lowest BCUT2D eigenvalue weighted by Crippen LogP contribution is -2.21. The maximum atomic E-state index is 9.06. The first kappa shape index (κ1) is 12.7. The third-order valence-electron chi connectivity index (χ3n) is 3.70. The zero-order chi connectivity index (χ0) is 12.4. The second-order valence-electron chi connectivity index (χ2n) is 5.18. The van der Waals surface area contributed by atoms with E-state index in [-0.39, 0.29) is 6.61 Å². The maximum Gasteiger partial charge on any atom is 0.0682 e. The molecule has 3 heteroatoms. The summed E-state index contributed by atoms with van der Waals surface area (Å²) in [4.78, 5) is 2.36. The summed E-state index contributed by atoms with van der Waals surface area (Å²) in [5.41, 5.74) is 1.98. The molecule has 94 valence electrons. The van der Waals surface area contributed by atoms with Gasteiger partial charge in [0.05, 0.1) is 17.3 Å². The van der Waals surface area contributed by atoms with Gasteiger partial charge in [-0.3, -0.25) is 0 Å². The van der Waals surface area contributed by atoms with Crippen molar-refractivity contribution in [1.29, 1.82) is 0 Å². The van der Waals surface area contributed by atoms with Gasteiger partial charge in [-0.1, -0.05) is 31.5 Å². The van der Waals surface area contributed by atoms with E-state index < -0.39 is 0 Å². The molecule has 17 heavy (non-hydrogen) atoms. The SMILES string of the molecule is CC(C)C1CCN(c2ccc(CO)cc2Cl)C1. The molecule has 1 heterocycles. The Kier molecular flexibility index (Phi) is 3.95. The van der Waals surface area contributed by atoms with Gasteiger partial charge < -0.3 is 10.0 Å². The standard InChI is InChI=1S/C14H20ClNO/c1-10(2)12-5-6-16(8-12)14-4-3-11(9-17)7-13(14)15/h3-4,7,10,12,17H,5-6,8-9H2,1-2H3. The molecule has 1 aliphatic heterocycles. The van der Waals surface area contributed by atoms with Gasteiger partial charge in [0, 0.05) is 13.1 Å². The van der Waals surface area contributed by atoms with Gasteiger partial charge in [0.2, 0.25) is 0 Å². The maximum absolute atomic E-state index is 9.06. The Bertz CT molecular complexity index is 392. The quantitative estimate of drug-likeness (QED) is 0.893. The highest BCUT2D eigenvalue weighted by Gasteiger charge is 2.25. The fourth-order valence-electron chi connectivity index (χ4n) is 2.46. The van der Waals surface area contributed by atoms with Crippen LogP contribution in [0, 0.1) is 11.8 Å². The molecule has 1 saturated heterocycles. The summed E-state index contributed by atoms with van der Waals surface area (Å²) in [6.07, 6.45) is 1.25. The third kappa shape index (κ3) is 2.75. The van der Waals surface area contributed by atoms with Crippen LogP contribution in [0.15, 0.2) is 18.2 Å². The average molecular weight is 254 g/mol. The van der Waals surface area contributed by atoms with Crippen molar-refractivity contribution in [3.8, 4) is 0 Å². The Morgan fingerprint density at radius 2 is 2.24 bits per heavy atom. The predicted molar refractivity (Wildman–Crippen MR) is 72.5 cm³/mol. The van der Waals surface area contributed by atoms with Crippen molar-refractivity contribution in [2.75, 3.05) is 18.0 Å². The minimum absolute atomic E-state index is 0.0502. The number of benzene rings is 1. The van der Waals surface area contributed by atoms with E-state index >= 15 is 0 Å². The Labute approximate surface area is 108 Å². The van der Waals surface area contributed by atoms with Gasteiger partial charge in [0.25, 0.3) is 0 Å². The van der Waals surface area contributed by atoms with E-state index in [2.05, 4.69) is 18.7 Å². The predicted octanol–water partition coefficient (Wildman–Crippen LogP) is 3.31. The Morgan fingerprint density at radius 3 is 2.76 bits per heavy atom. The average Bonchev–Trinajstić information content (AvgIpc) is 2.78. The second kappa shape index (κ2) is 5.28. The number of anilines is 1. The second-order valence-corrected chi connectivity index (χ2v) is 5.59. The lowest BCUT2D eigenvalue weighted by Gasteiger charge is -2.21. The Balaban J connectivity index is 2.13. The molecular formula is C14H20ClNO. The van der Waals surface area contributed by atoms with Gasteiger partial charge in [0.1, 0.15) is 0 Å². The lowest BCUT2D eigenvalue weighted by molar-refractivity contribution is 0.282. The number of hydrogen-bond donors (Lipinski definition) is 1. The van der Waals surface area contributed by atoms with Crippen molar-refractivity contribution in [2.24, 2.45) is 11.8 Å². The van der Waals surface area contributed by atoms with Crippen LogP contribution < -0.4 is 4.90 Å². The molecule has 0 radical (unpaired) electrons. The zero-order valence-electron chi connectivity index (χ0n) is 10.5. The monoisotopic (exact) mass is 253 g/mol. The molecular weight excluding hydrogens is 234 g/mol. The summed E-state index contributed by atoms with van der Waals surface area (Å²) in [7, 11) is 0. The molecule has 1 atom stereocenters. The molecule has 0 spiro atoms. The molecule has 0 aromatic heterocycles. The normalized spacial score (nSPS) is 20.3. The van der Waals surface area contributed by atoms with Crippen molar-refractivity contribution in [3.63, 3.8) is 0 Å². The van der Waals surface area contributed by atoms with Crippen LogP contribution in [0.1, 0.15) is 25.8 Å². The van der Waals surface area contributed by atoms with Crippen LogP contribution in [-0.4, -0.2) is 18.2 Å². The summed E-state index contributed by atoms with van der Waals surface area (Å²) in [5, 5.41) is 9.81. The van der Waals surface area contributed by atoms with Crippen molar-refractivity contribution in [2.45, 2.75) is 26.9 Å². The molecule has 1 aliphatic rings. The van der Waals surface area contributed by atoms with E-state index in [1.54, 1.807) is 0 Å². The highest BCUT2D eigenvalue weighted by atomic mass is 35.5. The number of nitrogens with zero attached hydrogens (tertiary/aromatic N) is 1. The van der Waals surface area contributed by atoms with Crippen molar-refractivity contribution >= 4 is 17.3 Å². The van der Waals surface area contributed by atoms with Crippen molar-refractivity contribution in [1.82, 2.24) is 0 Å². The summed E-state index contributed by atoms with van der Waals surface area (Å²) < 4.78 is 0. The number of aliphatic hydroxyl groups is 1. The van der Waals surface area contributed by atoms with Crippen LogP contribution >= 0.6 is 11.6 Å². The molecule has 1 aromatic rings. The first-order valence-electron chi connectivity index (χ1n) is 6.26. The zero-order valence-corrected chi connectivity index (χ0v) is 11.2. The van der Waals surface area contributed by atoms with E-state index in [0.29, 0.717) is 0 Å². The first-order chi connectivity index (χ1) is 8.11. The molecule has 0 saturated carbocycles.